The van der Waals surface area contributed by atoms with E-state index in [9.17, 15) is 9.50 Å². The van der Waals surface area contributed by atoms with Crippen LogP contribution >= 0.6 is 11.3 Å². The molecule has 0 spiro atoms. The molecule has 0 fully saturated rings. The summed E-state index contributed by atoms with van der Waals surface area (Å²) in [6, 6.07) is 10.4. The molecule has 2 rings (SSSR count). The van der Waals surface area contributed by atoms with Crippen LogP contribution in [0.15, 0.2) is 41.8 Å². The fraction of sp³-hybridized carbons (Fsp3) is 0.375. The summed E-state index contributed by atoms with van der Waals surface area (Å²) in [4.78, 5) is 1.14. The third-order valence-electron chi connectivity index (χ3n) is 3.14. The topological polar surface area (TPSA) is 41.5 Å². The molecule has 1 heterocycles. The van der Waals surface area contributed by atoms with E-state index < -0.39 is 6.10 Å². The summed E-state index contributed by atoms with van der Waals surface area (Å²) in [5.74, 6) is -0.249. The zero-order valence-corrected chi connectivity index (χ0v) is 12.8. The Morgan fingerprint density at radius 3 is 2.90 bits per heavy atom. The first-order valence-corrected chi connectivity index (χ1v) is 7.80. The van der Waals surface area contributed by atoms with Gasteiger partial charge in [-0.1, -0.05) is 18.2 Å². The highest BCUT2D eigenvalue weighted by molar-refractivity contribution is 7.09. The van der Waals surface area contributed by atoms with Gasteiger partial charge in [-0.3, -0.25) is 0 Å². The van der Waals surface area contributed by atoms with Crippen molar-refractivity contribution in [2.45, 2.75) is 25.7 Å². The first kappa shape index (κ1) is 16.1. The number of hydrogen-bond acceptors (Lipinski definition) is 4. The van der Waals surface area contributed by atoms with Crippen molar-refractivity contribution in [1.82, 2.24) is 5.32 Å². The number of hydrogen-bond donors (Lipinski definition) is 2. The molecular weight excluding hydrogens is 289 g/mol. The van der Waals surface area contributed by atoms with Gasteiger partial charge in [0.15, 0.2) is 0 Å². The van der Waals surface area contributed by atoms with E-state index >= 15 is 0 Å². The first-order chi connectivity index (χ1) is 10.1. The third-order valence-corrected chi connectivity index (χ3v) is 3.99. The van der Waals surface area contributed by atoms with Gasteiger partial charge < -0.3 is 15.2 Å². The van der Waals surface area contributed by atoms with Gasteiger partial charge in [0.25, 0.3) is 0 Å². The van der Waals surface area contributed by atoms with Gasteiger partial charge in [0.2, 0.25) is 0 Å². The molecule has 0 amide bonds. The maximum absolute atomic E-state index is 13.1. The third kappa shape index (κ3) is 5.55. The molecule has 0 radical (unpaired) electrons. The van der Waals surface area contributed by atoms with E-state index in [4.69, 9.17) is 4.74 Å². The van der Waals surface area contributed by atoms with Crippen molar-refractivity contribution in [2.75, 3.05) is 13.2 Å². The Morgan fingerprint density at radius 1 is 1.33 bits per heavy atom. The number of aliphatic hydroxyl groups is 1. The normalized spacial score (nSPS) is 14.0. The van der Waals surface area contributed by atoms with E-state index in [1.807, 2.05) is 30.5 Å². The van der Waals surface area contributed by atoms with E-state index in [0.29, 0.717) is 13.2 Å². The monoisotopic (exact) mass is 309 g/mol. The molecule has 0 bridgehead atoms. The fourth-order valence-corrected chi connectivity index (χ4v) is 2.60. The molecule has 0 aliphatic rings. The van der Waals surface area contributed by atoms with Crippen LogP contribution in [0.2, 0.25) is 0 Å². The predicted molar refractivity (Wildman–Crippen MR) is 82.8 cm³/mol. The van der Waals surface area contributed by atoms with Crippen LogP contribution in [0, 0.1) is 5.82 Å². The largest absolute Gasteiger partial charge is 0.389 e. The smallest absolute Gasteiger partial charge is 0.123 e. The van der Waals surface area contributed by atoms with Gasteiger partial charge in [-0.25, -0.2) is 4.39 Å². The fourth-order valence-electron chi connectivity index (χ4n) is 1.96. The number of halogens is 1. The van der Waals surface area contributed by atoms with Gasteiger partial charge in [-0.15, -0.1) is 11.3 Å². The summed E-state index contributed by atoms with van der Waals surface area (Å²) in [6.45, 7) is 3.14. The summed E-state index contributed by atoms with van der Waals surface area (Å²) in [6.07, 6.45) is -0.582. The second kappa shape index (κ2) is 8.24. The van der Waals surface area contributed by atoms with Crippen LogP contribution in [0.1, 0.15) is 23.4 Å². The molecule has 0 aliphatic heterocycles. The van der Waals surface area contributed by atoms with Gasteiger partial charge in [-0.2, -0.15) is 0 Å². The molecule has 2 aromatic rings. The average molecular weight is 309 g/mol. The van der Waals surface area contributed by atoms with E-state index in [1.54, 1.807) is 17.4 Å². The molecule has 21 heavy (non-hydrogen) atoms. The molecule has 3 nitrogen and oxygen atoms in total. The number of nitrogens with one attached hydrogen (secondary N) is 1. The van der Waals surface area contributed by atoms with E-state index in [1.165, 1.54) is 12.1 Å². The Morgan fingerprint density at radius 2 is 2.19 bits per heavy atom. The number of ether oxygens (including phenoxy) is 1. The summed E-state index contributed by atoms with van der Waals surface area (Å²) in [5, 5.41) is 15.0. The highest BCUT2D eigenvalue weighted by atomic mass is 32.1. The second-order valence-corrected chi connectivity index (χ2v) is 5.97. The second-order valence-electron chi connectivity index (χ2n) is 4.93. The van der Waals surface area contributed by atoms with Crippen LogP contribution in [0.25, 0.3) is 0 Å². The lowest BCUT2D eigenvalue weighted by Crippen LogP contribution is -2.32. The molecule has 5 heteroatoms. The molecular formula is C16H20FNO2S. The summed E-state index contributed by atoms with van der Waals surface area (Å²) >= 11 is 1.63. The van der Waals surface area contributed by atoms with E-state index in [0.717, 1.165) is 10.4 Å². The molecule has 1 aromatic heterocycles. The zero-order valence-electron chi connectivity index (χ0n) is 12.0. The Hall–Kier alpha value is -1.27. The van der Waals surface area contributed by atoms with Crippen LogP contribution in [-0.2, 0) is 11.3 Å². The summed E-state index contributed by atoms with van der Waals surface area (Å²) < 4.78 is 18.6. The van der Waals surface area contributed by atoms with Crippen molar-refractivity contribution in [3.63, 3.8) is 0 Å². The van der Waals surface area contributed by atoms with Crippen LogP contribution in [0.3, 0.4) is 0 Å². The maximum Gasteiger partial charge on any atom is 0.123 e. The van der Waals surface area contributed by atoms with Crippen LogP contribution in [-0.4, -0.2) is 24.4 Å². The molecule has 0 saturated heterocycles. The standard InChI is InChI=1S/C16H20FNO2S/c1-12(13-4-2-5-14(17)8-13)18-9-15(19)10-20-11-16-6-3-7-21-16/h2-8,12,15,18-19H,9-11H2,1H3. The predicted octanol–water partition coefficient (Wildman–Crippen LogP) is 3.12. The maximum atomic E-state index is 13.1. The van der Waals surface area contributed by atoms with Gasteiger partial charge in [0, 0.05) is 17.5 Å². The number of benzene rings is 1. The van der Waals surface area contributed by atoms with Crippen molar-refractivity contribution in [3.05, 3.63) is 58.0 Å². The van der Waals surface area contributed by atoms with E-state index in [2.05, 4.69) is 5.32 Å². The van der Waals surface area contributed by atoms with Crippen molar-refractivity contribution >= 4 is 11.3 Å². The summed E-state index contributed by atoms with van der Waals surface area (Å²) in [5.41, 5.74) is 0.863. The number of rotatable bonds is 8. The van der Waals surface area contributed by atoms with Crippen LogP contribution in [0.4, 0.5) is 4.39 Å². The molecule has 1 aromatic carbocycles. The number of aliphatic hydroxyl groups excluding tert-OH is 1. The molecule has 0 aliphatic carbocycles. The summed E-state index contributed by atoms with van der Waals surface area (Å²) in [7, 11) is 0. The van der Waals surface area contributed by atoms with Gasteiger partial charge in [0.1, 0.15) is 5.82 Å². The SMILES string of the molecule is CC(NCC(O)COCc1cccs1)c1cccc(F)c1. The van der Waals surface area contributed by atoms with E-state index in [-0.39, 0.29) is 18.5 Å². The molecule has 0 saturated carbocycles. The van der Waals surface area contributed by atoms with Gasteiger partial charge >= 0.3 is 0 Å². The number of thiophene rings is 1. The van der Waals surface area contributed by atoms with Crippen molar-refractivity contribution in [3.8, 4) is 0 Å². The minimum absolute atomic E-state index is 0.0207. The van der Waals surface area contributed by atoms with Crippen molar-refractivity contribution in [1.29, 1.82) is 0 Å². The van der Waals surface area contributed by atoms with Crippen molar-refractivity contribution < 1.29 is 14.2 Å². The quantitative estimate of drug-likeness (QED) is 0.787. The molecule has 114 valence electrons. The average Bonchev–Trinajstić information content (AvgIpc) is 2.98. The van der Waals surface area contributed by atoms with Gasteiger partial charge in [0.05, 0.1) is 19.3 Å². The minimum Gasteiger partial charge on any atom is -0.389 e. The lowest BCUT2D eigenvalue weighted by Gasteiger charge is -2.17. The molecule has 2 atom stereocenters. The first-order valence-electron chi connectivity index (χ1n) is 6.92. The minimum atomic E-state index is -0.582. The molecule has 2 unspecified atom stereocenters. The Bertz CT molecular complexity index is 533. The van der Waals surface area contributed by atoms with Crippen LogP contribution < -0.4 is 5.32 Å². The Labute approximate surface area is 128 Å². The molecule has 2 N–H and O–H groups in total. The lowest BCUT2D eigenvalue weighted by atomic mass is 10.1. The van der Waals surface area contributed by atoms with Crippen molar-refractivity contribution in [2.24, 2.45) is 0 Å². The zero-order chi connectivity index (χ0) is 15.1. The highest BCUT2D eigenvalue weighted by Gasteiger charge is 2.09. The van der Waals surface area contributed by atoms with Crippen LogP contribution in [0.5, 0.6) is 0 Å². The lowest BCUT2D eigenvalue weighted by molar-refractivity contribution is 0.0288. The Balaban J connectivity index is 1.67. The van der Waals surface area contributed by atoms with Gasteiger partial charge in [-0.05, 0) is 36.1 Å². The Kier molecular flexibility index (Phi) is 6.32. The highest BCUT2D eigenvalue weighted by Crippen LogP contribution is 2.13.